The highest BCUT2D eigenvalue weighted by molar-refractivity contribution is 6.21. The molecule has 0 N–H and O–H groups in total. The first kappa shape index (κ1) is 16.8. The summed E-state index contributed by atoms with van der Waals surface area (Å²) in [7, 11) is 0. The molecule has 1 unspecified atom stereocenters. The van der Waals surface area contributed by atoms with Crippen LogP contribution in [0.4, 0.5) is 18.9 Å². The van der Waals surface area contributed by atoms with E-state index < -0.39 is 22.4 Å². The molecule has 112 valence electrons. The molecule has 0 saturated carbocycles. The lowest BCUT2D eigenvalue weighted by atomic mass is 9.87. The quantitative estimate of drug-likeness (QED) is 0.457. The van der Waals surface area contributed by atoms with Gasteiger partial charge in [-0.3, -0.25) is 10.1 Å². The van der Waals surface area contributed by atoms with Gasteiger partial charge in [-0.2, -0.15) is 13.2 Å². The van der Waals surface area contributed by atoms with Crippen LogP contribution in [0.3, 0.4) is 0 Å². The van der Waals surface area contributed by atoms with Crippen molar-refractivity contribution in [2.24, 2.45) is 5.41 Å². The Hall–Kier alpha value is -1.30. The van der Waals surface area contributed by atoms with Crippen molar-refractivity contribution in [1.29, 1.82) is 0 Å². The van der Waals surface area contributed by atoms with Crippen molar-refractivity contribution < 1.29 is 18.1 Å². The van der Waals surface area contributed by atoms with E-state index in [9.17, 15) is 23.3 Å². The molecule has 0 aliphatic carbocycles. The molecule has 1 aromatic rings. The summed E-state index contributed by atoms with van der Waals surface area (Å²) in [4.78, 5) is 9.61. The maximum atomic E-state index is 12.8. The van der Waals surface area contributed by atoms with Crippen LogP contribution in [0.25, 0.3) is 0 Å². The van der Waals surface area contributed by atoms with Gasteiger partial charge in [-0.05, 0) is 23.5 Å². The number of hydrogen-bond acceptors (Lipinski definition) is 2. The van der Waals surface area contributed by atoms with Crippen LogP contribution < -0.4 is 0 Å². The molecule has 3 nitrogen and oxygen atoms in total. The van der Waals surface area contributed by atoms with E-state index in [1.165, 1.54) is 6.07 Å². The number of hydrogen-bond donors (Lipinski definition) is 0. The van der Waals surface area contributed by atoms with Crippen LogP contribution in [-0.4, -0.2) is 10.3 Å². The van der Waals surface area contributed by atoms with Gasteiger partial charge in [0.2, 0.25) is 0 Å². The molecule has 7 heteroatoms. The summed E-state index contributed by atoms with van der Waals surface area (Å²) in [6.45, 7) is 5.63. The number of halogens is 4. The number of nitro benzene ring substituents is 1. The zero-order valence-electron chi connectivity index (χ0n) is 11.3. The SMILES string of the molecule is CC(C)(C)C(Cl)Cc1ccc([N+](=O)[O-])c(C(F)(F)F)c1. The fraction of sp³-hybridized carbons (Fsp3) is 0.538. The van der Waals surface area contributed by atoms with Gasteiger partial charge in [0.05, 0.1) is 4.92 Å². The molecule has 0 radical (unpaired) electrons. The zero-order chi connectivity index (χ0) is 15.7. The summed E-state index contributed by atoms with van der Waals surface area (Å²) >= 11 is 6.15. The van der Waals surface area contributed by atoms with E-state index in [2.05, 4.69) is 0 Å². The number of alkyl halides is 4. The molecule has 0 spiro atoms. The third kappa shape index (κ3) is 4.10. The second-order valence-corrected chi connectivity index (χ2v) is 6.17. The predicted octanol–water partition coefficient (Wildman–Crippen LogP) is 4.81. The first-order chi connectivity index (χ1) is 8.93. The van der Waals surface area contributed by atoms with E-state index in [1.807, 2.05) is 20.8 Å². The van der Waals surface area contributed by atoms with Gasteiger partial charge in [0.25, 0.3) is 5.69 Å². The molecule has 0 aliphatic rings. The Bertz CT molecular complexity index is 509. The van der Waals surface area contributed by atoms with E-state index in [1.54, 1.807) is 0 Å². The largest absolute Gasteiger partial charge is 0.423 e. The third-order valence-corrected chi connectivity index (χ3v) is 3.73. The average molecular weight is 310 g/mol. The number of nitro groups is 1. The van der Waals surface area contributed by atoms with Crippen LogP contribution >= 0.6 is 11.6 Å². The molecule has 0 aliphatic heterocycles. The first-order valence-corrected chi connectivity index (χ1v) is 6.35. The van der Waals surface area contributed by atoms with Crippen molar-refractivity contribution in [2.75, 3.05) is 0 Å². The molecule has 0 saturated heterocycles. The molecule has 0 amide bonds. The minimum absolute atomic E-state index is 0.214. The van der Waals surface area contributed by atoms with E-state index >= 15 is 0 Å². The van der Waals surface area contributed by atoms with Gasteiger partial charge in [0, 0.05) is 11.4 Å². The lowest BCUT2D eigenvalue weighted by Gasteiger charge is -2.25. The van der Waals surface area contributed by atoms with Crippen LogP contribution in [0.15, 0.2) is 18.2 Å². The highest BCUT2D eigenvalue weighted by atomic mass is 35.5. The van der Waals surface area contributed by atoms with Crippen molar-refractivity contribution in [3.05, 3.63) is 39.4 Å². The minimum atomic E-state index is -4.76. The average Bonchev–Trinajstić information content (AvgIpc) is 2.26. The Kier molecular flexibility index (Phi) is 4.69. The Morgan fingerprint density at radius 3 is 2.25 bits per heavy atom. The van der Waals surface area contributed by atoms with Crippen molar-refractivity contribution in [1.82, 2.24) is 0 Å². The summed E-state index contributed by atoms with van der Waals surface area (Å²) in [5.41, 5.74) is -2.12. The van der Waals surface area contributed by atoms with E-state index in [4.69, 9.17) is 11.6 Å². The molecular formula is C13H15ClF3NO2. The van der Waals surface area contributed by atoms with Gasteiger partial charge in [0.1, 0.15) is 5.56 Å². The molecular weight excluding hydrogens is 295 g/mol. The highest BCUT2D eigenvalue weighted by Gasteiger charge is 2.38. The first-order valence-electron chi connectivity index (χ1n) is 5.91. The molecule has 1 aromatic carbocycles. The molecule has 0 fully saturated rings. The summed E-state index contributed by atoms with van der Waals surface area (Å²) in [5.74, 6) is 0. The van der Waals surface area contributed by atoms with Crippen LogP contribution in [0.5, 0.6) is 0 Å². The zero-order valence-corrected chi connectivity index (χ0v) is 12.0. The Balaban J connectivity index is 3.17. The second-order valence-electron chi connectivity index (χ2n) is 5.64. The van der Waals surface area contributed by atoms with Gasteiger partial charge >= 0.3 is 6.18 Å². The Morgan fingerprint density at radius 2 is 1.85 bits per heavy atom. The predicted molar refractivity (Wildman–Crippen MR) is 70.9 cm³/mol. The summed E-state index contributed by atoms with van der Waals surface area (Å²) < 4.78 is 38.5. The summed E-state index contributed by atoms with van der Waals surface area (Å²) in [6, 6.07) is 3.00. The normalized spacial score (nSPS) is 14.2. The molecule has 20 heavy (non-hydrogen) atoms. The van der Waals surface area contributed by atoms with Crippen molar-refractivity contribution in [2.45, 2.75) is 38.7 Å². The van der Waals surface area contributed by atoms with Crippen LogP contribution in [0.2, 0.25) is 0 Å². The van der Waals surface area contributed by atoms with E-state index in [0.717, 1.165) is 12.1 Å². The van der Waals surface area contributed by atoms with Crippen LogP contribution in [0.1, 0.15) is 31.9 Å². The van der Waals surface area contributed by atoms with Crippen LogP contribution in [-0.2, 0) is 12.6 Å². The Morgan fingerprint density at radius 1 is 1.30 bits per heavy atom. The standard InChI is InChI=1S/C13H15ClF3NO2/c1-12(2,3)11(14)7-8-4-5-10(18(19)20)9(6-8)13(15,16)17/h4-6,11H,7H2,1-3H3. The molecule has 1 rings (SSSR count). The highest BCUT2D eigenvalue weighted by Crippen LogP contribution is 2.37. The maximum Gasteiger partial charge on any atom is 0.423 e. The summed E-state index contributed by atoms with van der Waals surface area (Å²) in [5, 5.41) is 10.3. The third-order valence-electron chi connectivity index (χ3n) is 2.92. The van der Waals surface area contributed by atoms with Gasteiger partial charge in [-0.25, -0.2) is 0 Å². The van der Waals surface area contributed by atoms with Gasteiger partial charge in [-0.15, -0.1) is 11.6 Å². The lowest BCUT2D eigenvalue weighted by Crippen LogP contribution is -2.23. The van der Waals surface area contributed by atoms with Gasteiger partial charge < -0.3 is 0 Å². The maximum absolute atomic E-state index is 12.8. The minimum Gasteiger partial charge on any atom is -0.258 e. The number of rotatable bonds is 3. The second kappa shape index (κ2) is 5.60. The van der Waals surface area contributed by atoms with Crippen molar-refractivity contribution in [3.8, 4) is 0 Å². The molecule has 0 bridgehead atoms. The fourth-order valence-electron chi connectivity index (χ4n) is 1.61. The molecule has 0 heterocycles. The summed E-state index contributed by atoms with van der Waals surface area (Å²) in [6.07, 6.45) is -4.55. The smallest absolute Gasteiger partial charge is 0.258 e. The van der Waals surface area contributed by atoms with Crippen LogP contribution in [0, 0.1) is 15.5 Å². The van der Waals surface area contributed by atoms with Gasteiger partial charge in [-0.1, -0.05) is 26.8 Å². The Labute approximate surface area is 119 Å². The van der Waals surface area contributed by atoms with Crippen molar-refractivity contribution >= 4 is 17.3 Å². The lowest BCUT2D eigenvalue weighted by molar-refractivity contribution is -0.388. The fourth-order valence-corrected chi connectivity index (χ4v) is 1.79. The van der Waals surface area contributed by atoms with Crippen molar-refractivity contribution in [3.63, 3.8) is 0 Å². The molecule has 1 atom stereocenters. The van der Waals surface area contributed by atoms with E-state index in [-0.39, 0.29) is 17.2 Å². The number of benzene rings is 1. The van der Waals surface area contributed by atoms with E-state index in [0.29, 0.717) is 5.56 Å². The monoisotopic (exact) mass is 309 g/mol. The topological polar surface area (TPSA) is 43.1 Å². The molecule has 0 aromatic heterocycles. The number of nitrogens with zero attached hydrogens (tertiary/aromatic N) is 1. The van der Waals surface area contributed by atoms with Gasteiger partial charge in [0.15, 0.2) is 0 Å².